The van der Waals surface area contributed by atoms with E-state index in [0.29, 0.717) is 12.8 Å². The predicted octanol–water partition coefficient (Wildman–Crippen LogP) is 6.45. The van der Waals surface area contributed by atoms with Crippen molar-refractivity contribution in [3.63, 3.8) is 0 Å². The predicted molar refractivity (Wildman–Crippen MR) is 133 cm³/mol. The molecule has 0 unspecified atom stereocenters. The summed E-state index contributed by atoms with van der Waals surface area (Å²) in [4.78, 5) is 12.0. The Hall–Kier alpha value is -2.13. The van der Waals surface area contributed by atoms with E-state index in [1.807, 2.05) is 0 Å². The normalized spacial score (nSPS) is 16.3. The molecule has 1 aliphatic rings. The Labute approximate surface area is 194 Å². The standard InChI is InChI=1S/C29H41NO2/c1-3-5-7-9-11-23-13-17-25(18-14-23)29(32,27-21-22-28(31)30-27)26-19-15-24(16-20-26)12-10-8-6-4-2/h13-20,27,32H,3-12,21-22H2,1-2H3,(H,30,31)/t27-/m1/s1. The van der Waals surface area contributed by atoms with Crippen LogP contribution in [-0.4, -0.2) is 17.1 Å². The van der Waals surface area contributed by atoms with Gasteiger partial charge in [-0.1, -0.05) is 101 Å². The highest BCUT2D eigenvalue weighted by atomic mass is 16.3. The van der Waals surface area contributed by atoms with Gasteiger partial charge in [0.25, 0.3) is 0 Å². The lowest BCUT2D eigenvalue weighted by atomic mass is 9.79. The lowest BCUT2D eigenvalue weighted by molar-refractivity contribution is -0.120. The van der Waals surface area contributed by atoms with E-state index in [4.69, 9.17) is 0 Å². The average Bonchev–Trinajstić information content (AvgIpc) is 3.27. The van der Waals surface area contributed by atoms with Crippen LogP contribution in [0.4, 0.5) is 0 Å². The lowest BCUT2D eigenvalue weighted by Gasteiger charge is -2.35. The molecular formula is C29H41NO2. The minimum absolute atomic E-state index is 0.0218. The molecule has 2 N–H and O–H groups in total. The highest BCUT2D eigenvalue weighted by Crippen LogP contribution is 2.37. The van der Waals surface area contributed by atoms with Crippen molar-refractivity contribution in [1.82, 2.24) is 5.32 Å². The fourth-order valence-electron chi connectivity index (χ4n) is 4.86. The number of unbranched alkanes of at least 4 members (excludes halogenated alkanes) is 6. The number of carbonyl (C=O) groups is 1. The van der Waals surface area contributed by atoms with Crippen LogP contribution in [0.2, 0.25) is 0 Å². The van der Waals surface area contributed by atoms with Crippen molar-refractivity contribution in [2.75, 3.05) is 0 Å². The third-order valence-corrected chi connectivity index (χ3v) is 6.93. The van der Waals surface area contributed by atoms with Crippen molar-refractivity contribution in [3.05, 3.63) is 70.8 Å². The molecule has 32 heavy (non-hydrogen) atoms. The molecule has 1 fully saturated rings. The van der Waals surface area contributed by atoms with Gasteiger partial charge in [-0.25, -0.2) is 0 Å². The van der Waals surface area contributed by atoms with Crippen LogP contribution in [0.25, 0.3) is 0 Å². The Balaban J connectivity index is 1.78. The molecule has 1 heterocycles. The Morgan fingerprint density at radius 3 is 1.62 bits per heavy atom. The van der Waals surface area contributed by atoms with Crippen LogP contribution in [0.15, 0.2) is 48.5 Å². The second-order valence-electron chi connectivity index (χ2n) is 9.44. The summed E-state index contributed by atoms with van der Waals surface area (Å²) < 4.78 is 0. The van der Waals surface area contributed by atoms with Crippen molar-refractivity contribution in [3.8, 4) is 0 Å². The van der Waals surface area contributed by atoms with Crippen LogP contribution < -0.4 is 5.32 Å². The SMILES string of the molecule is CCCCCCc1ccc(C(O)(c2ccc(CCCCCC)cc2)[C@H]2CCC(=O)N2)cc1. The fourth-order valence-corrected chi connectivity index (χ4v) is 4.86. The number of benzene rings is 2. The van der Waals surface area contributed by atoms with Crippen molar-refractivity contribution >= 4 is 5.91 Å². The Morgan fingerprint density at radius 2 is 1.25 bits per heavy atom. The van der Waals surface area contributed by atoms with E-state index in [1.165, 1.54) is 62.5 Å². The first-order chi connectivity index (χ1) is 15.6. The third kappa shape index (κ3) is 6.22. The topological polar surface area (TPSA) is 49.3 Å². The number of carbonyl (C=O) groups excluding carboxylic acids is 1. The van der Waals surface area contributed by atoms with Crippen molar-refractivity contribution in [2.24, 2.45) is 0 Å². The molecule has 0 aliphatic carbocycles. The molecule has 174 valence electrons. The zero-order valence-electron chi connectivity index (χ0n) is 20.0. The molecule has 1 amide bonds. The smallest absolute Gasteiger partial charge is 0.220 e. The Bertz CT molecular complexity index is 770. The van der Waals surface area contributed by atoms with Crippen LogP contribution in [0.3, 0.4) is 0 Å². The van der Waals surface area contributed by atoms with Crippen LogP contribution in [0.1, 0.15) is 100 Å². The second-order valence-corrected chi connectivity index (χ2v) is 9.44. The summed E-state index contributed by atoms with van der Waals surface area (Å²) in [6.45, 7) is 4.47. The van der Waals surface area contributed by atoms with Gasteiger partial charge in [-0.3, -0.25) is 4.79 Å². The average molecular weight is 436 g/mol. The number of hydrogen-bond donors (Lipinski definition) is 2. The van der Waals surface area contributed by atoms with Crippen molar-refractivity contribution in [1.29, 1.82) is 0 Å². The van der Waals surface area contributed by atoms with Crippen LogP contribution in [0.5, 0.6) is 0 Å². The van der Waals surface area contributed by atoms with Crippen LogP contribution in [-0.2, 0) is 23.2 Å². The Kier molecular flexibility index (Phi) is 9.35. The number of aliphatic hydroxyl groups is 1. The maximum Gasteiger partial charge on any atom is 0.220 e. The number of hydrogen-bond acceptors (Lipinski definition) is 2. The van der Waals surface area contributed by atoms with Gasteiger partial charge in [-0.2, -0.15) is 0 Å². The maximum absolute atomic E-state index is 12.0. The number of rotatable bonds is 13. The van der Waals surface area contributed by atoms with E-state index in [1.54, 1.807) is 0 Å². The van der Waals surface area contributed by atoms with E-state index in [0.717, 1.165) is 24.0 Å². The molecular weight excluding hydrogens is 394 g/mol. The molecule has 2 aromatic rings. The molecule has 0 bridgehead atoms. The van der Waals surface area contributed by atoms with Gasteiger partial charge in [0.05, 0.1) is 6.04 Å². The van der Waals surface area contributed by atoms with Gasteiger partial charge in [0.1, 0.15) is 5.60 Å². The molecule has 0 saturated carbocycles. The minimum Gasteiger partial charge on any atom is -0.378 e. The largest absolute Gasteiger partial charge is 0.378 e. The summed E-state index contributed by atoms with van der Waals surface area (Å²) in [5.41, 5.74) is 3.12. The summed E-state index contributed by atoms with van der Waals surface area (Å²) >= 11 is 0. The van der Waals surface area contributed by atoms with Crippen molar-refractivity contribution in [2.45, 2.75) is 103 Å². The quantitative estimate of drug-likeness (QED) is 0.355. The van der Waals surface area contributed by atoms with Crippen LogP contribution in [0, 0.1) is 0 Å². The van der Waals surface area contributed by atoms with Gasteiger partial charge < -0.3 is 10.4 Å². The molecule has 3 nitrogen and oxygen atoms in total. The number of amides is 1. The van der Waals surface area contributed by atoms with E-state index >= 15 is 0 Å². The second kappa shape index (κ2) is 12.2. The van der Waals surface area contributed by atoms with Gasteiger partial charge in [0, 0.05) is 6.42 Å². The Morgan fingerprint density at radius 1 is 0.781 bits per heavy atom. The summed E-state index contributed by atoms with van der Waals surface area (Å²) in [5.74, 6) is 0.0218. The minimum atomic E-state index is -1.21. The molecule has 0 radical (unpaired) electrons. The molecule has 2 aromatic carbocycles. The van der Waals surface area contributed by atoms with Gasteiger partial charge in [-0.15, -0.1) is 0 Å². The number of nitrogens with one attached hydrogen (secondary N) is 1. The van der Waals surface area contributed by atoms with E-state index in [-0.39, 0.29) is 11.9 Å². The zero-order valence-corrected chi connectivity index (χ0v) is 20.0. The first kappa shape index (κ1) is 24.5. The molecule has 0 aromatic heterocycles. The molecule has 3 heteroatoms. The van der Waals surface area contributed by atoms with E-state index in [9.17, 15) is 9.90 Å². The lowest BCUT2D eigenvalue weighted by Crippen LogP contribution is -2.47. The summed E-state index contributed by atoms with van der Waals surface area (Å²) in [7, 11) is 0. The molecule has 1 saturated heterocycles. The van der Waals surface area contributed by atoms with E-state index in [2.05, 4.69) is 67.7 Å². The summed E-state index contributed by atoms with van der Waals surface area (Å²) in [6, 6.07) is 16.5. The van der Waals surface area contributed by atoms with Gasteiger partial charge in [0.2, 0.25) is 5.91 Å². The molecule has 1 atom stereocenters. The highest BCUT2D eigenvalue weighted by Gasteiger charge is 2.43. The maximum atomic E-state index is 12.0. The molecule has 3 rings (SSSR count). The molecule has 1 aliphatic heterocycles. The van der Waals surface area contributed by atoms with Crippen molar-refractivity contribution < 1.29 is 9.90 Å². The molecule has 0 spiro atoms. The first-order valence-corrected chi connectivity index (χ1v) is 12.8. The highest BCUT2D eigenvalue weighted by molar-refractivity contribution is 5.79. The summed E-state index contributed by atoms with van der Waals surface area (Å²) in [6.07, 6.45) is 13.3. The van der Waals surface area contributed by atoms with E-state index < -0.39 is 5.60 Å². The van der Waals surface area contributed by atoms with Gasteiger partial charge >= 0.3 is 0 Å². The monoisotopic (exact) mass is 435 g/mol. The zero-order chi connectivity index (χ0) is 22.8. The van der Waals surface area contributed by atoms with Gasteiger partial charge in [-0.05, 0) is 54.4 Å². The number of aryl methyl sites for hydroxylation is 2. The first-order valence-electron chi connectivity index (χ1n) is 12.8. The fraction of sp³-hybridized carbons (Fsp3) is 0.552. The van der Waals surface area contributed by atoms with Crippen LogP contribution >= 0.6 is 0 Å². The third-order valence-electron chi connectivity index (χ3n) is 6.93. The summed E-state index contributed by atoms with van der Waals surface area (Å²) in [5, 5.41) is 15.1. The van der Waals surface area contributed by atoms with Gasteiger partial charge in [0.15, 0.2) is 0 Å².